The third-order valence-electron chi connectivity index (χ3n) is 2.89. The number of nitrogens with one attached hydrogen (secondary N) is 1. The highest BCUT2D eigenvalue weighted by molar-refractivity contribution is 7.99. The molecule has 0 saturated heterocycles. The monoisotopic (exact) mass is 300 g/mol. The number of halogens is 3. The first-order chi connectivity index (χ1) is 9.50. The van der Waals surface area contributed by atoms with Gasteiger partial charge in [0.2, 0.25) is 0 Å². The molecule has 1 aromatic heterocycles. The molecule has 1 N–H and O–H groups in total. The standard InChI is InChI=1S/C14H15F3N2S/c1-2-20-12-5-3-4-10(8-12)6-7-11-9-18-19-13(11)14(15,16)17/h3-5,8-9H,2,6-7H2,1H3,(H,18,19). The van der Waals surface area contributed by atoms with Crippen LogP contribution in [0.25, 0.3) is 0 Å². The van der Waals surface area contributed by atoms with Crippen molar-refractivity contribution < 1.29 is 13.2 Å². The second kappa shape index (κ2) is 6.35. The summed E-state index contributed by atoms with van der Waals surface area (Å²) in [7, 11) is 0. The Morgan fingerprint density at radius 2 is 2.05 bits per heavy atom. The van der Waals surface area contributed by atoms with Gasteiger partial charge in [-0.25, -0.2) is 0 Å². The van der Waals surface area contributed by atoms with Crippen LogP contribution in [-0.2, 0) is 19.0 Å². The molecule has 20 heavy (non-hydrogen) atoms. The van der Waals surface area contributed by atoms with Gasteiger partial charge in [-0.3, -0.25) is 5.10 Å². The van der Waals surface area contributed by atoms with Crippen LogP contribution in [0.2, 0.25) is 0 Å². The van der Waals surface area contributed by atoms with Crippen LogP contribution in [0.3, 0.4) is 0 Å². The fourth-order valence-electron chi connectivity index (χ4n) is 1.98. The largest absolute Gasteiger partial charge is 0.433 e. The van der Waals surface area contributed by atoms with Gasteiger partial charge in [0.15, 0.2) is 0 Å². The first-order valence-electron chi connectivity index (χ1n) is 6.32. The smallest absolute Gasteiger partial charge is 0.273 e. The van der Waals surface area contributed by atoms with Crippen LogP contribution in [0.4, 0.5) is 13.2 Å². The summed E-state index contributed by atoms with van der Waals surface area (Å²) in [5, 5.41) is 5.53. The number of nitrogens with zero attached hydrogens (tertiary/aromatic N) is 1. The molecule has 0 radical (unpaired) electrons. The third-order valence-corrected chi connectivity index (χ3v) is 3.77. The molecule has 2 aromatic rings. The summed E-state index contributed by atoms with van der Waals surface area (Å²) >= 11 is 1.72. The number of thioether (sulfide) groups is 1. The predicted octanol–water partition coefficient (Wildman–Crippen LogP) is 4.33. The van der Waals surface area contributed by atoms with Crippen molar-refractivity contribution in [1.29, 1.82) is 0 Å². The fraction of sp³-hybridized carbons (Fsp3) is 0.357. The van der Waals surface area contributed by atoms with Gasteiger partial charge in [0.25, 0.3) is 0 Å². The van der Waals surface area contributed by atoms with E-state index in [1.54, 1.807) is 11.8 Å². The summed E-state index contributed by atoms with van der Waals surface area (Å²) in [6.07, 6.45) is -2.22. The molecule has 6 heteroatoms. The highest BCUT2D eigenvalue weighted by Gasteiger charge is 2.35. The second-order valence-electron chi connectivity index (χ2n) is 4.35. The van der Waals surface area contributed by atoms with Crippen LogP contribution in [0, 0.1) is 0 Å². The number of benzene rings is 1. The number of rotatable bonds is 5. The Bertz CT molecular complexity index is 564. The van der Waals surface area contributed by atoms with Crippen molar-refractivity contribution in [2.24, 2.45) is 0 Å². The van der Waals surface area contributed by atoms with Gasteiger partial charge >= 0.3 is 6.18 Å². The van der Waals surface area contributed by atoms with Crippen LogP contribution in [0.5, 0.6) is 0 Å². The van der Waals surface area contributed by atoms with Crippen LogP contribution >= 0.6 is 11.8 Å². The number of alkyl halides is 3. The number of hydrogen-bond donors (Lipinski definition) is 1. The number of aromatic amines is 1. The van der Waals surface area contributed by atoms with Gasteiger partial charge in [0.1, 0.15) is 5.69 Å². The quantitative estimate of drug-likeness (QED) is 0.833. The van der Waals surface area contributed by atoms with E-state index in [0.29, 0.717) is 12.8 Å². The van der Waals surface area contributed by atoms with Crippen LogP contribution in [0.15, 0.2) is 35.4 Å². The average Bonchev–Trinajstić information content (AvgIpc) is 2.85. The molecular formula is C14H15F3N2S. The molecule has 0 spiro atoms. The van der Waals surface area contributed by atoms with E-state index in [9.17, 15) is 13.2 Å². The van der Waals surface area contributed by atoms with Crippen molar-refractivity contribution in [2.75, 3.05) is 5.75 Å². The summed E-state index contributed by atoms with van der Waals surface area (Å²) < 4.78 is 38.1. The van der Waals surface area contributed by atoms with Gasteiger partial charge in [0, 0.05) is 10.5 Å². The summed E-state index contributed by atoms with van der Waals surface area (Å²) in [6.45, 7) is 2.07. The van der Waals surface area contributed by atoms with E-state index in [4.69, 9.17) is 0 Å². The molecule has 1 aromatic carbocycles. The van der Waals surface area contributed by atoms with Gasteiger partial charge in [-0.1, -0.05) is 19.1 Å². The highest BCUT2D eigenvalue weighted by atomic mass is 32.2. The maximum atomic E-state index is 12.7. The van der Waals surface area contributed by atoms with E-state index in [2.05, 4.69) is 12.0 Å². The van der Waals surface area contributed by atoms with Gasteiger partial charge in [-0.15, -0.1) is 11.8 Å². The first kappa shape index (κ1) is 15.0. The normalized spacial score (nSPS) is 11.8. The van der Waals surface area contributed by atoms with Crippen LogP contribution in [-0.4, -0.2) is 16.0 Å². The van der Waals surface area contributed by atoms with Crippen molar-refractivity contribution in [1.82, 2.24) is 10.2 Å². The minimum Gasteiger partial charge on any atom is -0.273 e. The summed E-state index contributed by atoms with van der Waals surface area (Å²) in [5.41, 5.74) is 0.514. The van der Waals surface area contributed by atoms with Crippen molar-refractivity contribution >= 4 is 11.8 Å². The zero-order valence-corrected chi connectivity index (χ0v) is 11.8. The Hall–Kier alpha value is -1.43. The molecule has 0 amide bonds. The summed E-state index contributed by atoms with van der Waals surface area (Å²) in [4.78, 5) is 1.15. The molecular weight excluding hydrogens is 285 g/mol. The Labute approximate surface area is 119 Å². The molecule has 1 heterocycles. The van der Waals surface area contributed by atoms with E-state index in [0.717, 1.165) is 16.2 Å². The molecule has 0 bridgehead atoms. The maximum Gasteiger partial charge on any atom is 0.433 e. The lowest BCUT2D eigenvalue weighted by molar-refractivity contribution is -0.141. The highest BCUT2D eigenvalue weighted by Crippen LogP contribution is 2.30. The number of hydrogen-bond acceptors (Lipinski definition) is 2. The summed E-state index contributed by atoms with van der Waals surface area (Å²) in [6, 6.07) is 7.92. The van der Waals surface area contributed by atoms with E-state index in [-0.39, 0.29) is 5.56 Å². The first-order valence-corrected chi connectivity index (χ1v) is 7.30. The lowest BCUT2D eigenvalue weighted by Gasteiger charge is -2.07. The van der Waals surface area contributed by atoms with Gasteiger partial charge in [-0.05, 0) is 36.3 Å². The van der Waals surface area contributed by atoms with Gasteiger partial charge in [0.05, 0.1) is 6.20 Å². The number of H-pyrrole nitrogens is 1. The van der Waals surface area contributed by atoms with Crippen molar-refractivity contribution in [3.63, 3.8) is 0 Å². The topological polar surface area (TPSA) is 28.7 Å². The third kappa shape index (κ3) is 3.79. The summed E-state index contributed by atoms with van der Waals surface area (Å²) in [5.74, 6) is 0.976. The van der Waals surface area contributed by atoms with Crippen molar-refractivity contribution in [2.45, 2.75) is 30.8 Å². The minimum atomic E-state index is -4.37. The van der Waals surface area contributed by atoms with Crippen molar-refractivity contribution in [3.05, 3.63) is 47.3 Å². The minimum absolute atomic E-state index is 0.214. The molecule has 0 unspecified atom stereocenters. The Kier molecular flexibility index (Phi) is 4.75. The van der Waals surface area contributed by atoms with E-state index < -0.39 is 11.9 Å². The molecule has 0 aliphatic rings. The van der Waals surface area contributed by atoms with Crippen LogP contribution < -0.4 is 0 Å². The lowest BCUT2D eigenvalue weighted by atomic mass is 10.0. The number of aromatic nitrogens is 2. The molecule has 0 fully saturated rings. The van der Waals surface area contributed by atoms with E-state index >= 15 is 0 Å². The number of aryl methyl sites for hydroxylation is 2. The van der Waals surface area contributed by atoms with Gasteiger partial charge in [-0.2, -0.15) is 18.3 Å². The molecule has 0 saturated carbocycles. The molecule has 108 valence electrons. The van der Waals surface area contributed by atoms with Gasteiger partial charge < -0.3 is 0 Å². The SMILES string of the molecule is CCSc1cccc(CCc2cn[nH]c2C(F)(F)F)c1. The zero-order chi connectivity index (χ0) is 14.6. The van der Waals surface area contributed by atoms with Crippen LogP contribution in [0.1, 0.15) is 23.7 Å². The molecule has 0 aliphatic heterocycles. The Morgan fingerprint density at radius 3 is 2.75 bits per heavy atom. The predicted molar refractivity (Wildman–Crippen MR) is 73.8 cm³/mol. The van der Waals surface area contributed by atoms with E-state index in [1.807, 2.05) is 29.4 Å². The molecule has 2 nitrogen and oxygen atoms in total. The zero-order valence-electron chi connectivity index (χ0n) is 11.0. The van der Waals surface area contributed by atoms with Crippen molar-refractivity contribution in [3.8, 4) is 0 Å². The molecule has 0 aliphatic carbocycles. The average molecular weight is 300 g/mol. The molecule has 2 rings (SSSR count). The Morgan fingerprint density at radius 1 is 1.25 bits per heavy atom. The molecule has 0 atom stereocenters. The second-order valence-corrected chi connectivity index (χ2v) is 5.69. The fourth-order valence-corrected chi connectivity index (χ4v) is 2.73. The maximum absolute atomic E-state index is 12.7. The van der Waals surface area contributed by atoms with E-state index in [1.165, 1.54) is 6.20 Å². The Balaban J connectivity index is 2.06. The lowest BCUT2D eigenvalue weighted by Crippen LogP contribution is -2.09.